The minimum Gasteiger partial charge on any atom is -0.481 e. The number of hydrogen-bond acceptors (Lipinski definition) is 8. The Labute approximate surface area is 288 Å². The quantitative estimate of drug-likeness (QED) is 0.0614. The van der Waals surface area contributed by atoms with Gasteiger partial charge in [-0.3, -0.25) is 19.2 Å². The van der Waals surface area contributed by atoms with Gasteiger partial charge in [-0.05, 0) is 12.8 Å². The van der Waals surface area contributed by atoms with Gasteiger partial charge in [0, 0.05) is 19.4 Å². The lowest BCUT2D eigenvalue weighted by Gasteiger charge is -2.47. The molecule has 1 saturated heterocycles. The van der Waals surface area contributed by atoms with Crippen LogP contribution in [0.15, 0.2) is 0 Å². The van der Waals surface area contributed by atoms with Crippen LogP contribution in [0, 0.1) is 0 Å². The van der Waals surface area contributed by atoms with Gasteiger partial charge >= 0.3 is 5.97 Å². The van der Waals surface area contributed by atoms with Crippen LogP contribution in [0.4, 0.5) is 0 Å². The van der Waals surface area contributed by atoms with E-state index in [0.717, 1.165) is 38.5 Å². The van der Waals surface area contributed by atoms with Gasteiger partial charge in [-0.15, -0.1) is 0 Å². The summed E-state index contributed by atoms with van der Waals surface area (Å²) in [5.74, 6) is -2.64. The lowest BCUT2D eigenvalue weighted by molar-refractivity contribution is -0.231. The number of ether oxygens (including phenoxy) is 1. The molecule has 0 aliphatic carbocycles. The zero-order valence-electron chi connectivity index (χ0n) is 29.8. The van der Waals surface area contributed by atoms with E-state index in [4.69, 9.17) is 9.84 Å². The maximum absolute atomic E-state index is 13.7. The van der Waals surface area contributed by atoms with Crippen molar-refractivity contribution in [2.45, 2.75) is 186 Å². The fourth-order valence-electron chi connectivity index (χ4n) is 6.14. The molecule has 0 aromatic rings. The molecule has 0 aromatic heterocycles. The smallest absolute Gasteiger partial charge is 0.303 e. The number of hydrogen-bond donors (Lipinski definition) is 6. The third-order valence-corrected chi connectivity index (χ3v) is 9.11. The Bertz CT molecular complexity index is 891. The molecule has 1 rings (SSSR count). The highest BCUT2D eigenvalue weighted by atomic mass is 16.5. The van der Waals surface area contributed by atoms with Gasteiger partial charge in [0.1, 0.15) is 24.4 Å². The Morgan fingerprint density at radius 1 is 0.646 bits per heavy atom. The molecular formula is C36H67N3O9. The third-order valence-electron chi connectivity index (χ3n) is 9.11. The molecule has 1 aliphatic rings. The first kappa shape index (κ1) is 43.7. The molecule has 6 N–H and O–H groups in total. The minimum absolute atomic E-state index is 0.180. The standard InChI is InChI=1S/C36H67N3O9/c1-3-5-7-9-11-13-15-17-19-21-25-39(31(43)22-20-18-16-14-12-10-8-6-4-2)36-33(35(47)34(46)28(27-40)48-36)38-30(42)26-37-29(41)23-24-32(44)45/h28,33-36,40,46-47H,3-27H2,1-2H3,(H,37,41)(H,38,42)(H,44,45)/t28-,33+,34+,35-,36-/m1/s1. The van der Waals surface area contributed by atoms with Crippen molar-refractivity contribution in [3.05, 3.63) is 0 Å². The molecule has 12 nitrogen and oxygen atoms in total. The molecule has 0 unspecified atom stereocenters. The van der Waals surface area contributed by atoms with Crippen molar-refractivity contribution >= 4 is 23.7 Å². The number of nitrogens with one attached hydrogen (secondary N) is 2. The van der Waals surface area contributed by atoms with Crippen molar-refractivity contribution in [3.63, 3.8) is 0 Å². The zero-order chi connectivity index (χ0) is 35.6. The number of aliphatic hydroxyl groups is 3. The Hall–Kier alpha value is -2.28. The first-order valence-electron chi connectivity index (χ1n) is 18.9. The second kappa shape index (κ2) is 27.5. The van der Waals surface area contributed by atoms with E-state index in [9.17, 15) is 34.5 Å². The van der Waals surface area contributed by atoms with E-state index in [2.05, 4.69) is 24.5 Å². The van der Waals surface area contributed by atoms with Crippen LogP contribution in [0.3, 0.4) is 0 Å². The van der Waals surface area contributed by atoms with E-state index in [1.807, 2.05) is 0 Å². The van der Waals surface area contributed by atoms with Crippen LogP contribution in [0.25, 0.3) is 0 Å². The van der Waals surface area contributed by atoms with Crippen molar-refractivity contribution in [3.8, 4) is 0 Å². The number of carbonyl (C=O) groups excluding carboxylic acids is 3. The molecule has 48 heavy (non-hydrogen) atoms. The van der Waals surface area contributed by atoms with Crippen molar-refractivity contribution in [2.75, 3.05) is 19.7 Å². The average Bonchev–Trinajstić information content (AvgIpc) is 3.07. The van der Waals surface area contributed by atoms with Gasteiger partial charge in [0.15, 0.2) is 6.23 Å². The summed E-state index contributed by atoms with van der Waals surface area (Å²) in [6.45, 7) is 3.66. The number of carboxylic acid groups (broad SMARTS) is 1. The Morgan fingerprint density at radius 3 is 1.65 bits per heavy atom. The van der Waals surface area contributed by atoms with Gasteiger partial charge in [-0.1, -0.05) is 123 Å². The van der Waals surface area contributed by atoms with Crippen LogP contribution in [0.2, 0.25) is 0 Å². The summed E-state index contributed by atoms with van der Waals surface area (Å²) in [6, 6.07) is -1.22. The zero-order valence-corrected chi connectivity index (χ0v) is 29.8. The number of rotatable bonds is 29. The normalized spacial score (nSPS) is 20.7. The van der Waals surface area contributed by atoms with E-state index in [-0.39, 0.29) is 25.2 Å². The van der Waals surface area contributed by atoms with E-state index in [0.29, 0.717) is 19.4 Å². The summed E-state index contributed by atoms with van der Waals surface area (Å²) >= 11 is 0. The molecule has 280 valence electrons. The van der Waals surface area contributed by atoms with Gasteiger partial charge in [0.2, 0.25) is 17.7 Å². The molecule has 1 fully saturated rings. The number of unbranched alkanes of at least 4 members (excludes halogenated alkanes) is 17. The average molecular weight is 686 g/mol. The second-order valence-corrected chi connectivity index (χ2v) is 13.3. The third kappa shape index (κ3) is 19.0. The molecule has 1 aliphatic heterocycles. The largest absolute Gasteiger partial charge is 0.481 e. The fraction of sp³-hybridized carbons (Fsp3) is 0.889. The SMILES string of the molecule is CCCCCCCCCCCCN(C(=O)CCCCCCCCCCC)[C@@H]1O[C@H](CO)[C@H](O)[C@H](O)[C@@H]1NC(=O)CNC(=O)CCC(=O)O. The maximum atomic E-state index is 13.7. The second-order valence-electron chi connectivity index (χ2n) is 13.3. The predicted molar refractivity (Wildman–Crippen MR) is 185 cm³/mol. The lowest BCUT2D eigenvalue weighted by atomic mass is 9.94. The number of aliphatic carboxylic acids is 1. The van der Waals surface area contributed by atoms with Crippen LogP contribution in [-0.4, -0.2) is 99.3 Å². The number of carboxylic acids is 1. The van der Waals surface area contributed by atoms with E-state index >= 15 is 0 Å². The number of carbonyl (C=O) groups is 4. The minimum atomic E-state index is -1.55. The summed E-state index contributed by atoms with van der Waals surface area (Å²) in [6.07, 6.45) is 15.4. The van der Waals surface area contributed by atoms with Gasteiger partial charge in [-0.2, -0.15) is 0 Å². The van der Waals surface area contributed by atoms with Crippen LogP contribution < -0.4 is 10.6 Å². The van der Waals surface area contributed by atoms with Crippen molar-refractivity contribution in [1.29, 1.82) is 0 Å². The van der Waals surface area contributed by atoms with Crippen LogP contribution >= 0.6 is 0 Å². The van der Waals surface area contributed by atoms with Crippen molar-refractivity contribution < 1.29 is 44.3 Å². The van der Waals surface area contributed by atoms with E-state index in [1.165, 1.54) is 75.5 Å². The highest BCUT2D eigenvalue weighted by Crippen LogP contribution is 2.26. The first-order valence-corrected chi connectivity index (χ1v) is 18.9. The van der Waals surface area contributed by atoms with Crippen molar-refractivity contribution in [2.24, 2.45) is 0 Å². The number of amides is 3. The molecule has 0 aromatic carbocycles. The van der Waals surface area contributed by atoms with Crippen LogP contribution in [-0.2, 0) is 23.9 Å². The molecule has 12 heteroatoms. The Balaban J connectivity index is 2.89. The molecule has 0 bridgehead atoms. The molecule has 5 atom stereocenters. The number of nitrogens with zero attached hydrogens (tertiary/aromatic N) is 1. The van der Waals surface area contributed by atoms with Crippen LogP contribution in [0.5, 0.6) is 0 Å². The summed E-state index contributed by atoms with van der Waals surface area (Å²) in [4.78, 5) is 50.8. The predicted octanol–water partition coefficient (Wildman–Crippen LogP) is 4.56. The molecule has 1 heterocycles. The fourth-order valence-corrected chi connectivity index (χ4v) is 6.14. The van der Waals surface area contributed by atoms with Gasteiger partial charge in [-0.25, -0.2) is 0 Å². The monoisotopic (exact) mass is 685 g/mol. The van der Waals surface area contributed by atoms with Crippen molar-refractivity contribution in [1.82, 2.24) is 15.5 Å². The Morgan fingerprint density at radius 2 is 1.15 bits per heavy atom. The molecule has 3 amide bonds. The molecule has 0 spiro atoms. The van der Waals surface area contributed by atoms with Gasteiger partial charge in [0.05, 0.1) is 19.6 Å². The van der Waals surface area contributed by atoms with Gasteiger partial charge in [0.25, 0.3) is 0 Å². The number of aliphatic hydroxyl groups excluding tert-OH is 3. The van der Waals surface area contributed by atoms with E-state index in [1.54, 1.807) is 0 Å². The highest BCUT2D eigenvalue weighted by molar-refractivity contribution is 5.86. The topological polar surface area (TPSA) is 186 Å². The summed E-state index contributed by atoms with van der Waals surface area (Å²) in [5.41, 5.74) is 0. The maximum Gasteiger partial charge on any atom is 0.303 e. The van der Waals surface area contributed by atoms with Crippen LogP contribution in [0.1, 0.15) is 155 Å². The Kier molecular flexibility index (Phi) is 25.1. The summed E-state index contributed by atoms with van der Waals surface area (Å²) < 4.78 is 6.02. The molecule has 0 saturated carbocycles. The highest BCUT2D eigenvalue weighted by Gasteiger charge is 2.48. The first-order chi connectivity index (χ1) is 23.2. The molecule has 0 radical (unpaired) electrons. The lowest BCUT2D eigenvalue weighted by Crippen LogP contribution is -2.69. The summed E-state index contributed by atoms with van der Waals surface area (Å²) in [5, 5.41) is 45.4. The van der Waals surface area contributed by atoms with E-state index < -0.39 is 61.5 Å². The summed E-state index contributed by atoms with van der Waals surface area (Å²) in [7, 11) is 0. The molecular weight excluding hydrogens is 618 g/mol. The van der Waals surface area contributed by atoms with Gasteiger partial charge < -0.3 is 40.7 Å².